The van der Waals surface area contributed by atoms with Gasteiger partial charge in [0.15, 0.2) is 5.13 Å². The second-order valence-corrected chi connectivity index (χ2v) is 8.65. The van der Waals surface area contributed by atoms with E-state index in [1.54, 1.807) is 24.2 Å². The van der Waals surface area contributed by atoms with Gasteiger partial charge < -0.3 is 10.2 Å². The van der Waals surface area contributed by atoms with E-state index in [1.165, 1.54) is 36.7 Å². The molecule has 2 aromatic heterocycles. The first-order chi connectivity index (χ1) is 15.4. The third kappa shape index (κ3) is 6.69. The highest BCUT2D eigenvalue weighted by atomic mass is 32.1. The zero-order valence-corrected chi connectivity index (χ0v) is 19.3. The Hall–Kier alpha value is -2.61. The van der Waals surface area contributed by atoms with Crippen LogP contribution in [0, 0.1) is 0 Å². The van der Waals surface area contributed by atoms with E-state index in [0.29, 0.717) is 23.1 Å². The number of unbranched alkanes of at least 4 members (excludes halogenated alkanes) is 5. The zero-order chi connectivity index (χ0) is 23.0. The Kier molecular flexibility index (Phi) is 8.50. The van der Waals surface area contributed by atoms with E-state index in [4.69, 9.17) is 0 Å². The predicted octanol–water partition coefficient (Wildman–Crippen LogP) is 7.76. The summed E-state index contributed by atoms with van der Waals surface area (Å²) >= 11 is 1.33. The predicted molar refractivity (Wildman–Crippen MR) is 127 cm³/mol. The highest BCUT2D eigenvalue weighted by Gasteiger charge is 2.34. The standard InChI is InChI=1S/C24H29F3N4S/c1-3-4-5-6-7-10-15-31(2)22-13-12-18(16-19(22)24(25,26)27)29-23-30-21(17-32-23)20-11-8-9-14-28-20/h8-9,11-14,16-17H,3-7,10,15H2,1-2H3,(H,29,30). The smallest absolute Gasteiger partial charge is 0.374 e. The summed E-state index contributed by atoms with van der Waals surface area (Å²) in [6, 6.07) is 9.90. The first-order valence-electron chi connectivity index (χ1n) is 10.9. The zero-order valence-electron chi connectivity index (χ0n) is 18.5. The minimum Gasteiger partial charge on any atom is -0.374 e. The molecule has 0 spiro atoms. The number of hydrogen-bond acceptors (Lipinski definition) is 5. The van der Waals surface area contributed by atoms with Gasteiger partial charge in [-0.25, -0.2) is 4.98 Å². The second-order valence-electron chi connectivity index (χ2n) is 7.80. The van der Waals surface area contributed by atoms with Crippen molar-refractivity contribution in [2.24, 2.45) is 0 Å². The monoisotopic (exact) mass is 462 g/mol. The molecule has 172 valence electrons. The lowest BCUT2D eigenvalue weighted by Gasteiger charge is -2.24. The molecular weight excluding hydrogens is 433 g/mol. The lowest BCUT2D eigenvalue weighted by molar-refractivity contribution is -0.137. The molecule has 0 radical (unpaired) electrons. The van der Waals surface area contributed by atoms with Gasteiger partial charge in [-0.2, -0.15) is 13.2 Å². The summed E-state index contributed by atoms with van der Waals surface area (Å²) in [4.78, 5) is 10.4. The van der Waals surface area contributed by atoms with Crippen LogP contribution in [-0.2, 0) is 6.18 Å². The average Bonchev–Trinajstić information content (AvgIpc) is 3.24. The summed E-state index contributed by atoms with van der Waals surface area (Å²) in [5.41, 5.74) is 1.32. The van der Waals surface area contributed by atoms with Gasteiger partial charge in [0, 0.05) is 36.5 Å². The summed E-state index contributed by atoms with van der Waals surface area (Å²) in [7, 11) is 1.73. The van der Waals surface area contributed by atoms with E-state index < -0.39 is 11.7 Å². The van der Waals surface area contributed by atoms with Crippen LogP contribution in [0.25, 0.3) is 11.4 Å². The van der Waals surface area contributed by atoms with Gasteiger partial charge in [0.05, 0.1) is 11.3 Å². The Bertz CT molecular complexity index is 973. The molecule has 1 aromatic carbocycles. The molecular formula is C24H29F3N4S. The van der Waals surface area contributed by atoms with Crippen molar-refractivity contribution in [3.8, 4) is 11.4 Å². The van der Waals surface area contributed by atoms with Crippen LogP contribution < -0.4 is 10.2 Å². The van der Waals surface area contributed by atoms with E-state index in [0.717, 1.165) is 31.0 Å². The van der Waals surface area contributed by atoms with E-state index in [1.807, 2.05) is 23.6 Å². The molecule has 0 saturated carbocycles. The SMILES string of the molecule is CCCCCCCCN(C)c1ccc(Nc2nc(-c3ccccn3)cs2)cc1C(F)(F)F. The van der Waals surface area contributed by atoms with Crippen LogP contribution in [0.2, 0.25) is 0 Å². The molecule has 8 heteroatoms. The molecule has 4 nitrogen and oxygen atoms in total. The van der Waals surface area contributed by atoms with Crippen molar-refractivity contribution in [3.05, 3.63) is 53.5 Å². The molecule has 2 heterocycles. The minimum absolute atomic E-state index is 0.199. The molecule has 0 amide bonds. The topological polar surface area (TPSA) is 41.0 Å². The molecule has 0 aliphatic rings. The molecule has 0 bridgehead atoms. The second kappa shape index (κ2) is 11.3. The van der Waals surface area contributed by atoms with Crippen molar-refractivity contribution in [1.29, 1.82) is 0 Å². The number of halogens is 3. The summed E-state index contributed by atoms with van der Waals surface area (Å²) in [6.45, 7) is 2.76. The first-order valence-corrected chi connectivity index (χ1v) is 11.8. The fourth-order valence-electron chi connectivity index (χ4n) is 3.51. The number of aromatic nitrogens is 2. The number of nitrogens with one attached hydrogen (secondary N) is 1. The third-order valence-corrected chi connectivity index (χ3v) is 6.00. The van der Waals surface area contributed by atoms with Gasteiger partial charge in [0.2, 0.25) is 0 Å². The van der Waals surface area contributed by atoms with Crippen LogP contribution in [-0.4, -0.2) is 23.6 Å². The summed E-state index contributed by atoms with van der Waals surface area (Å²) in [5, 5.41) is 5.36. The Morgan fingerprint density at radius 3 is 2.50 bits per heavy atom. The summed E-state index contributed by atoms with van der Waals surface area (Å²) in [5.74, 6) is 0. The number of benzene rings is 1. The van der Waals surface area contributed by atoms with Crippen molar-refractivity contribution >= 4 is 27.8 Å². The Morgan fingerprint density at radius 1 is 1.00 bits per heavy atom. The van der Waals surface area contributed by atoms with Crippen LogP contribution >= 0.6 is 11.3 Å². The van der Waals surface area contributed by atoms with Gasteiger partial charge in [-0.15, -0.1) is 11.3 Å². The van der Waals surface area contributed by atoms with Gasteiger partial charge in [-0.05, 0) is 36.8 Å². The minimum atomic E-state index is -4.44. The molecule has 32 heavy (non-hydrogen) atoms. The fraction of sp³-hybridized carbons (Fsp3) is 0.417. The molecule has 1 N–H and O–H groups in total. The molecule has 0 atom stereocenters. The molecule has 0 aliphatic carbocycles. The molecule has 3 aromatic rings. The largest absolute Gasteiger partial charge is 0.418 e. The van der Waals surface area contributed by atoms with Crippen molar-refractivity contribution < 1.29 is 13.2 Å². The van der Waals surface area contributed by atoms with Crippen molar-refractivity contribution in [1.82, 2.24) is 9.97 Å². The Balaban J connectivity index is 1.69. The van der Waals surface area contributed by atoms with Gasteiger partial charge in [0.25, 0.3) is 0 Å². The number of rotatable bonds is 11. The van der Waals surface area contributed by atoms with E-state index in [9.17, 15) is 13.2 Å². The van der Waals surface area contributed by atoms with Gasteiger partial charge in [-0.1, -0.05) is 45.1 Å². The normalized spacial score (nSPS) is 11.5. The highest BCUT2D eigenvalue weighted by molar-refractivity contribution is 7.14. The average molecular weight is 463 g/mol. The number of pyridine rings is 1. The van der Waals surface area contributed by atoms with Crippen molar-refractivity contribution in [2.75, 3.05) is 23.8 Å². The number of alkyl halides is 3. The number of anilines is 3. The highest BCUT2D eigenvalue weighted by Crippen LogP contribution is 2.39. The lowest BCUT2D eigenvalue weighted by Crippen LogP contribution is -2.22. The van der Waals surface area contributed by atoms with E-state index in [2.05, 4.69) is 22.2 Å². The maximum atomic E-state index is 13.8. The Morgan fingerprint density at radius 2 is 1.78 bits per heavy atom. The summed E-state index contributed by atoms with van der Waals surface area (Å²) in [6.07, 6.45) is 3.87. The van der Waals surface area contributed by atoms with Crippen LogP contribution in [0.3, 0.4) is 0 Å². The molecule has 3 rings (SSSR count). The fourth-order valence-corrected chi connectivity index (χ4v) is 4.23. The molecule has 0 unspecified atom stereocenters. The van der Waals surface area contributed by atoms with E-state index >= 15 is 0 Å². The number of thiazole rings is 1. The number of hydrogen-bond donors (Lipinski definition) is 1. The van der Waals surface area contributed by atoms with Crippen molar-refractivity contribution in [3.63, 3.8) is 0 Å². The lowest BCUT2D eigenvalue weighted by atomic mass is 10.1. The molecule has 0 aliphatic heterocycles. The molecule has 0 fully saturated rings. The van der Waals surface area contributed by atoms with Gasteiger partial charge in [0.1, 0.15) is 5.69 Å². The number of nitrogens with zero attached hydrogens (tertiary/aromatic N) is 3. The Labute approximate surface area is 191 Å². The summed E-state index contributed by atoms with van der Waals surface area (Å²) < 4.78 is 41.4. The third-order valence-electron chi connectivity index (χ3n) is 5.24. The van der Waals surface area contributed by atoms with Crippen LogP contribution in [0.15, 0.2) is 48.0 Å². The van der Waals surface area contributed by atoms with Gasteiger partial charge >= 0.3 is 6.18 Å². The van der Waals surface area contributed by atoms with Crippen LogP contribution in [0.5, 0.6) is 0 Å². The van der Waals surface area contributed by atoms with E-state index in [-0.39, 0.29) is 5.69 Å². The maximum absolute atomic E-state index is 13.8. The van der Waals surface area contributed by atoms with Crippen molar-refractivity contribution in [2.45, 2.75) is 51.6 Å². The van der Waals surface area contributed by atoms with Crippen LogP contribution in [0.4, 0.5) is 29.7 Å². The maximum Gasteiger partial charge on any atom is 0.418 e. The molecule has 0 saturated heterocycles. The van der Waals surface area contributed by atoms with Gasteiger partial charge in [-0.3, -0.25) is 4.98 Å². The van der Waals surface area contributed by atoms with Crippen LogP contribution in [0.1, 0.15) is 51.0 Å². The first kappa shape index (κ1) is 24.0. The quantitative estimate of drug-likeness (QED) is 0.296.